The number of halogens is 1. The zero-order valence-corrected chi connectivity index (χ0v) is 20.8. The predicted octanol–water partition coefficient (Wildman–Crippen LogP) is 4.17. The molecule has 1 atom stereocenters. The van der Waals surface area contributed by atoms with Gasteiger partial charge in [0.1, 0.15) is 6.04 Å². The first-order valence-electron chi connectivity index (χ1n) is 11.3. The first-order chi connectivity index (χ1) is 16.8. The van der Waals surface area contributed by atoms with Gasteiger partial charge in [-0.2, -0.15) is 4.72 Å². The number of rotatable bonds is 8. The summed E-state index contributed by atoms with van der Waals surface area (Å²) < 4.78 is 29.2. The van der Waals surface area contributed by atoms with Gasteiger partial charge in [-0.3, -0.25) is 9.59 Å². The molecule has 0 radical (unpaired) electrons. The number of carbonyl (C=O) groups excluding carboxylic acids is 2. The molecule has 35 heavy (non-hydrogen) atoms. The first-order valence-corrected chi connectivity index (χ1v) is 13.2. The van der Waals surface area contributed by atoms with Gasteiger partial charge in [0.25, 0.3) is 0 Å². The van der Waals surface area contributed by atoms with Crippen LogP contribution in [-0.2, 0) is 32.5 Å². The summed E-state index contributed by atoms with van der Waals surface area (Å²) in [5.41, 5.74) is 2.72. The largest absolute Gasteiger partial charge is 0.323 e. The van der Waals surface area contributed by atoms with E-state index in [2.05, 4.69) is 10.0 Å². The van der Waals surface area contributed by atoms with Crippen LogP contribution in [0.2, 0.25) is 5.02 Å². The molecule has 1 unspecified atom stereocenters. The van der Waals surface area contributed by atoms with E-state index in [1.807, 2.05) is 30.3 Å². The van der Waals surface area contributed by atoms with Crippen LogP contribution in [0, 0.1) is 0 Å². The van der Waals surface area contributed by atoms with Crippen molar-refractivity contribution in [1.82, 2.24) is 4.72 Å². The maximum absolute atomic E-state index is 13.3. The molecule has 0 fully saturated rings. The van der Waals surface area contributed by atoms with Gasteiger partial charge in [-0.1, -0.05) is 61.0 Å². The maximum atomic E-state index is 13.3. The number of hydrogen-bond donors (Lipinski definition) is 2. The van der Waals surface area contributed by atoms with Crippen LogP contribution in [0.15, 0.2) is 77.7 Å². The molecular formula is C26H26ClN3O4S. The summed E-state index contributed by atoms with van der Waals surface area (Å²) in [6.45, 7) is 2.32. The second-order valence-electron chi connectivity index (χ2n) is 8.27. The number of fused-ring (bicyclic) bond motifs is 1. The molecule has 7 nitrogen and oxygen atoms in total. The molecule has 0 bridgehead atoms. The van der Waals surface area contributed by atoms with Gasteiger partial charge in [0.15, 0.2) is 0 Å². The van der Waals surface area contributed by atoms with E-state index in [0.29, 0.717) is 30.1 Å². The van der Waals surface area contributed by atoms with Crippen LogP contribution in [0.25, 0.3) is 0 Å². The minimum atomic E-state index is -4.04. The Morgan fingerprint density at radius 1 is 1.03 bits per heavy atom. The third-order valence-electron chi connectivity index (χ3n) is 5.89. The highest BCUT2D eigenvalue weighted by molar-refractivity contribution is 7.89. The molecule has 0 aromatic heterocycles. The molecule has 4 rings (SSSR count). The van der Waals surface area contributed by atoms with Crippen LogP contribution < -0.4 is 14.9 Å². The number of para-hydroxylation sites is 1. The second-order valence-corrected chi connectivity index (χ2v) is 10.4. The molecule has 1 heterocycles. The van der Waals surface area contributed by atoms with Crippen LogP contribution in [0.1, 0.15) is 24.5 Å². The number of amides is 2. The van der Waals surface area contributed by atoms with Crippen molar-refractivity contribution in [3.8, 4) is 0 Å². The van der Waals surface area contributed by atoms with Crippen LogP contribution in [0.4, 0.5) is 11.4 Å². The molecule has 3 aromatic carbocycles. The summed E-state index contributed by atoms with van der Waals surface area (Å²) in [6, 6.07) is 19.6. The molecule has 2 N–H and O–H groups in total. The van der Waals surface area contributed by atoms with E-state index in [1.165, 1.54) is 6.07 Å². The minimum absolute atomic E-state index is 0.00310. The maximum Gasteiger partial charge on any atom is 0.242 e. The summed E-state index contributed by atoms with van der Waals surface area (Å²) in [7, 11) is -4.04. The van der Waals surface area contributed by atoms with Crippen molar-refractivity contribution in [3.63, 3.8) is 0 Å². The number of hydrogen-bond acceptors (Lipinski definition) is 4. The Kier molecular flexibility index (Phi) is 7.54. The fourth-order valence-corrected chi connectivity index (χ4v) is 5.50. The molecule has 9 heteroatoms. The molecule has 0 saturated carbocycles. The topological polar surface area (TPSA) is 95.6 Å². The zero-order chi connectivity index (χ0) is 25.0. The van der Waals surface area contributed by atoms with E-state index in [-0.39, 0.29) is 17.2 Å². The lowest BCUT2D eigenvalue weighted by Crippen LogP contribution is -2.45. The van der Waals surface area contributed by atoms with E-state index >= 15 is 0 Å². The molecule has 0 saturated heterocycles. The summed E-state index contributed by atoms with van der Waals surface area (Å²) in [5, 5.41) is 3.08. The summed E-state index contributed by atoms with van der Waals surface area (Å²) in [6.07, 6.45) is 1.10. The highest BCUT2D eigenvalue weighted by Gasteiger charge is 2.29. The normalized spacial score (nSPS) is 13.8. The number of nitrogens with zero attached hydrogens (tertiary/aromatic N) is 1. The number of carbonyl (C=O) groups is 2. The Labute approximate surface area is 210 Å². The Hall–Kier alpha value is -3.20. The third-order valence-corrected chi connectivity index (χ3v) is 7.69. The smallest absolute Gasteiger partial charge is 0.242 e. The Balaban J connectivity index is 1.60. The number of sulfonamides is 1. The van der Waals surface area contributed by atoms with E-state index in [1.54, 1.807) is 48.2 Å². The number of benzene rings is 3. The molecular weight excluding hydrogens is 486 g/mol. The average Bonchev–Trinajstić information content (AvgIpc) is 3.28. The SMILES string of the molecule is CCC(=O)N1CCc2cc(S(=O)(=O)NC(Cc3ccccc3)C(=O)Nc3ccccc3Cl)ccc21. The Morgan fingerprint density at radius 2 is 1.74 bits per heavy atom. The molecule has 2 amide bonds. The first kappa shape index (κ1) is 24.9. The Morgan fingerprint density at radius 3 is 2.46 bits per heavy atom. The van der Waals surface area contributed by atoms with Crippen molar-refractivity contribution in [1.29, 1.82) is 0 Å². The monoisotopic (exact) mass is 511 g/mol. The fraction of sp³-hybridized carbons (Fsp3) is 0.231. The van der Waals surface area contributed by atoms with Crippen molar-refractivity contribution in [2.24, 2.45) is 0 Å². The highest BCUT2D eigenvalue weighted by Crippen LogP contribution is 2.31. The molecule has 1 aliphatic rings. The van der Waals surface area contributed by atoms with E-state index in [9.17, 15) is 18.0 Å². The average molecular weight is 512 g/mol. The molecule has 182 valence electrons. The van der Waals surface area contributed by atoms with Crippen LogP contribution >= 0.6 is 11.6 Å². The van der Waals surface area contributed by atoms with Crippen molar-refractivity contribution >= 4 is 44.8 Å². The number of nitrogens with one attached hydrogen (secondary N) is 2. The van der Waals surface area contributed by atoms with Gasteiger partial charge in [-0.25, -0.2) is 8.42 Å². The molecule has 1 aliphatic heterocycles. The second kappa shape index (κ2) is 10.6. The van der Waals surface area contributed by atoms with E-state index in [4.69, 9.17) is 11.6 Å². The Bertz CT molecular complexity index is 1350. The lowest BCUT2D eigenvalue weighted by molar-refractivity contribution is -0.118. The predicted molar refractivity (Wildman–Crippen MR) is 137 cm³/mol. The van der Waals surface area contributed by atoms with Gasteiger partial charge in [-0.05, 0) is 54.3 Å². The van der Waals surface area contributed by atoms with Crippen molar-refractivity contribution in [2.45, 2.75) is 37.1 Å². The van der Waals surface area contributed by atoms with E-state index < -0.39 is 22.0 Å². The fourth-order valence-electron chi connectivity index (χ4n) is 4.07. The van der Waals surface area contributed by atoms with Gasteiger partial charge < -0.3 is 10.2 Å². The zero-order valence-electron chi connectivity index (χ0n) is 19.2. The third kappa shape index (κ3) is 5.73. The quantitative estimate of drug-likeness (QED) is 0.474. The van der Waals surface area contributed by atoms with Crippen LogP contribution in [0.3, 0.4) is 0 Å². The standard InChI is InChI=1S/C26H26ClN3O4S/c1-2-25(31)30-15-14-19-17-20(12-13-24(19)30)35(33,34)29-23(16-18-8-4-3-5-9-18)26(32)28-22-11-7-6-10-21(22)27/h3-13,17,23,29H,2,14-16H2,1H3,(H,28,32). The summed E-state index contributed by atoms with van der Waals surface area (Å²) >= 11 is 6.18. The van der Waals surface area contributed by atoms with Gasteiger partial charge in [0.2, 0.25) is 21.8 Å². The van der Waals surface area contributed by atoms with Gasteiger partial charge >= 0.3 is 0 Å². The van der Waals surface area contributed by atoms with Crippen molar-refractivity contribution < 1.29 is 18.0 Å². The van der Waals surface area contributed by atoms with E-state index in [0.717, 1.165) is 16.8 Å². The van der Waals surface area contributed by atoms with Crippen LogP contribution in [0.5, 0.6) is 0 Å². The number of anilines is 2. The lowest BCUT2D eigenvalue weighted by Gasteiger charge is -2.20. The summed E-state index contributed by atoms with van der Waals surface area (Å²) in [4.78, 5) is 27.1. The van der Waals surface area contributed by atoms with Crippen LogP contribution in [-0.4, -0.2) is 32.8 Å². The molecule has 0 spiro atoms. The molecule has 0 aliphatic carbocycles. The summed E-state index contributed by atoms with van der Waals surface area (Å²) in [5.74, 6) is -0.525. The van der Waals surface area contributed by atoms with Crippen molar-refractivity contribution in [3.05, 3.63) is 88.9 Å². The molecule has 3 aromatic rings. The van der Waals surface area contributed by atoms with Crippen molar-refractivity contribution in [2.75, 3.05) is 16.8 Å². The highest BCUT2D eigenvalue weighted by atomic mass is 35.5. The lowest BCUT2D eigenvalue weighted by atomic mass is 10.1. The van der Waals surface area contributed by atoms with Gasteiger partial charge in [0.05, 0.1) is 15.6 Å². The minimum Gasteiger partial charge on any atom is -0.323 e. The van der Waals surface area contributed by atoms with Gasteiger partial charge in [0, 0.05) is 18.7 Å². The van der Waals surface area contributed by atoms with Gasteiger partial charge in [-0.15, -0.1) is 0 Å².